The van der Waals surface area contributed by atoms with Crippen molar-refractivity contribution >= 4 is 17.9 Å². The van der Waals surface area contributed by atoms with Crippen molar-refractivity contribution in [3.63, 3.8) is 0 Å². The van der Waals surface area contributed by atoms with Gasteiger partial charge in [-0.3, -0.25) is 0 Å². The van der Waals surface area contributed by atoms with Gasteiger partial charge in [-0.2, -0.15) is 0 Å². The van der Waals surface area contributed by atoms with Gasteiger partial charge in [0.25, 0.3) is 0 Å². The fraction of sp³-hybridized carbons (Fsp3) is 0.238. The third-order valence-corrected chi connectivity index (χ3v) is 4.32. The van der Waals surface area contributed by atoms with Gasteiger partial charge in [0.1, 0.15) is 19.0 Å². The quantitative estimate of drug-likeness (QED) is 0.600. The van der Waals surface area contributed by atoms with E-state index in [9.17, 15) is 4.79 Å². The number of fused-ring (bicyclic) bond motifs is 1. The van der Waals surface area contributed by atoms with Crippen LogP contribution >= 0.6 is 0 Å². The summed E-state index contributed by atoms with van der Waals surface area (Å²) < 4.78 is 21.5. The number of aryl methyl sites for hydroxylation is 1. The van der Waals surface area contributed by atoms with Gasteiger partial charge in [0, 0.05) is 6.42 Å². The monoisotopic (exact) mass is 365 g/mol. The van der Waals surface area contributed by atoms with Crippen LogP contribution in [0, 0.1) is 0 Å². The Bertz CT molecular complexity index is 915. The number of esters is 1. The zero-order valence-electron chi connectivity index (χ0n) is 14.9. The smallest absolute Gasteiger partial charge is 0.363 e. The minimum Gasteiger partial charge on any atom is -0.497 e. The fourth-order valence-electron chi connectivity index (χ4n) is 2.91. The maximum absolute atomic E-state index is 12.1. The van der Waals surface area contributed by atoms with Crippen LogP contribution in [0.3, 0.4) is 0 Å². The van der Waals surface area contributed by atoms with E-state index in [2.05, 4.69) is 4.99 Å². The second-order valence-electron chi connectivity index (χ2n) is 6.18. The number of benzene rings is 2. The van der Waals surface area contributed by atoms with E-state index >= 15 is 0 Å². The van der Waals surface area contributed by atoms with E-state index in [1.165, 1.54) is 0 Å². The van der Waals surface area contributed by atoms with Gasteiger partial charge in [0.05, 0.1) is 7.11 Å². The summed E-state index contributed by atoms with van der Waals surface area (Å²) in [5.41, 5.74) is 2.22. The summed E-state index contributed by atoms with van der Waals surface area (Å²) in [5, 5.41) is 0. The normalized spacial score (nSPS) is 16.9. The summed E-state index contributed by atoms with van der Waals surface area (Å²) in [4.78, 5) is 16.4. The second kappa shape index (κ2) is 7.53. The molecule has 0 unspecified atom stereocenters. The number of aliphatic imine (C=N–C) groups is 1. The number of methoxy groups -OCH3 is 1. The molecule has 0 atom stereocenters. The first-order valence-corrected chi connectivity index (χ1v) is 8.75. The standard InChI is InChI=1S/C21H19NO5/c1-24-16-6-2-14(3-7-16)5-9-20-22-17(21(23)27-20)12-15-4-8-18-19(13-15)26-11-10-25-18/h2-4,6-8,12-13H,5,9-11H2,1H3/b17-12+. The molecule has 0 saturated carbocycles. The molecule has 2 aliphatic heterocycles. The maximum Gasteiger partial charge on any atom is 0.363 e. The number of carbonyl (C=O) groups is 1. The van der Waals surface area contributed by atoms with E-state index in [1.807, 2.05) is 42.5 Å². The van der Waals surface area contributed by atoms with Gasteiger partial charge in [-0.05, 0) is 47.9 Å². The average Bonchev–Trinajstić information content (AvgIpc) is 3.06. The Labute approximate surface area is 157 Å². The fourth-order valence-corrected chi connectivity index (χ4v) is 2.91. The molecule has 0 saturated heterocycles. The molecule has 0 spiro atoms. The molecular weight excluding hydrogens is 346 g/mol. The van der Waals surface area contributed by atoms with Gasteiger partial charge in [-0.25, -0.2) is 9.79 Å². The van der Waals surface area contributed by atoms with E-state index in [0.29, 0.717) is 37.0 Å². The number of hydrogen-bond acceptors (Lipinski definition) is 6. The van der Waals surface area contributed by atoms with Crippen LogP contribution in [-0.4, -0.2) is 32.2 Å². The lowest BCUT2D eigenvalue weighted by Gasteiger charge is -2.18. The van der Waals surface area contributed by atoms with Crippen LogP contribution in [0.2, 0.25) is 0 Å². The first kappa shape index (κ1) is 17.1. The highest BCUT2D eigenvalue weighted by Crippen LogP contribution is 2.32. The third-order valence-electron chi connectivity index (χ3n) is 4.32. The Morgan fingerprint density at radius 3 is 2.59 bits per heavy atom. The van der Waals surface area contributed by atoms with Crippen LogP contribution < -0.4 is 14.2 Å². The topological polar surface area (TPSA) is 66.3 Å². The summed E-state index contributed by atoms with van der Waals surface area (Å²) in [6.45, 7) is 1.06. The van der Waals surface area contributed by atoms with Gasteiger partial charge in [0.15, 0.2) is 23.1 Å². The molecule has 0 N–H and O–H groups in total. The molecule has 2 aliphatic rings. The number of carbonyl (C=O) groups excluding carboxylic acids is 1. The second-order valence-corrected chi connectivity index (χ2v) is 6.18. The summed E-state index contributed by atoms with van der Waals surface area (Å²) >= 11 is 0. The van der Waals surface area contributed by atoms with E-state index in [0.717, 1.165) is 23.3 Å². The van der Waals surface area contributed by atoms with Gasteiger partial charge in [-0.15, -0.1) is 0 Å². The first-order chi connectivity index (χ1) is 13.2. The molecule has 0 bridgehead atoms. The van der Waals surface area contributed by atoms with Crippen LogP contribution in [0.4, 0.5) is 0 Å². The van der Waals surface area contributed by atoms with Crippen molar-refractivity contribution in [2.75, 3.05) is 20.3 Å². The van der Waals surface area contributed by atoms with Crippen LogP contribution in [0.15, 0.2) is 53.2 Å². The lowest BCUT2D eigenvalue weighted by atomic mass is 10.1. The van der Waals surface area contributed by atoms with Crippen LogP contribution in [0.25, 0.3) is 6.08 Å². The van der Waals surface area contributed by atoms with E-state index < -0.39 is 5.97 Å². The molecule has 0 amide bonds. The molecule has 0 radical (unpaired) electrons. The molecular formula is C21H19NO5. The number of hydrogen-bond donors (Lipinski definition) is 0. The summed E-state index contributed by atoms with van der Waals surface area (Å²) in [7, 11) is 1.64. The van der Waals surface area contributed by atoms with Gasteiger partial charge in [0.2, 0.25) is 0 Å². The number of cyclic esters (lactones) is 1. The van der Waals surface area contributed by atoms with Crippen LogP contribution in [0.5, 0.6) is 17.2 Å². The number of ether oxygens (including phenoxy) is 4. The SMILES string of the molecule is COc1ccc(CCC2=N/C(=C/c3ccc4c(c3)OCCO4)C(=O)O2)cc1. The predicted octanol–water partition coefficient (Wildman–Crippen LogP) is 3.40. The number of rotatable bonds is 5. The maximum atomic E-state index is 12.1. The van der Waals surface area contributed by atoms with Gasteiger partial charge >= 0.3 is 5.97 Å². The Balaban J connectivity index is 1.45. The van der Waals surface area contributed by atoms with Crippen molar-refractivity contribution in [1.29, 1.82) is 0 Å². The van der Waals surface area contributed by atoms with Crippen LogP contribution in [0.1, 0.15) is 17.5 Å². The van der Waals surface area contributed by atoms with E-state index in [-0.39, 0.29) is 5.70 Å². The molecule has 2 aromatic rings. The highest BCUT2D eigenvalue weighted by molar-refractivity contribution is 6.07. The molecule has 0 aromatic heterocycles. The van der Waals surface area contributed by atoms with Crippen molar-refractivity contribution in [2.24, 2.45) is 4.99 Å². The van der Waals surface area contributed by atoms with Crippen molar-refractivity contribution in [1.82, 2.24) is 0 Å². The molecule has 27 heavy (non-hydrogen) atoms. The Kier molecular flexibility index (Phi) is 4.78. The van der Waals surface area contributed by atoms with Gasteiger partial charge in [-0.1, -0.05) is 18.2 Å². The highest BCUT2D eigenvalue weighted by Gasteiger charge is 2.23. The van der Waals surface area contributed by atoms with Crippen molar-refractivity contribution < 1.29 is 23.7 Å². The molecule has 6 heteroatoms. The highest BCUT2D eigenvalue weighted by atomic mass is 16.6. The third kappa shape index (κ3) is 3.95. The lowest BCUT2D eigenvalue weighted by Crippen LogP contribution is -2.15. The first-order valence-electron chi connectivity index (χ1n) is 8.75. The summed E-state index contributed by atoms with van der Waals surface area (Å²) in [6, 6.07) is 13.3. The molecule has 2 aromatic carbocycles. The minimum absolute atomic E-state index is 0.288. The molecule has 6 nitrogen and oxygen atoms in total. The van der Waals surface area contributed by atoms with Crippen molar-refractivity contribution in [2.45, 2.75) is 12.8 Å². The molecule has 4 rings (SSSR count). The summed E-state index contributed by atoms with van der Waals surface area (Å²) in [5.74, 6) is 2.19. The Hall–Kier alpha value is -3.28. The van der Waals surface area contributed by atoms with Gasteiger partial charge < -0.3 is 18.9 Å². The van der Waals surface area contributed by atoms with E-state index in [4.69, 9.17) is 18.9 Å². The molecule has 0 aliphatic carbocycles. The largest absolute Gasteiger partial charge is 0.497 e. The lowest BCUT2D eigenvalue weighted by molar-refractivity contribution is -0.130. The van der Waals surface area contributed by atoms with Crippen molar-refractivity contribution in [3.05, 3.63) is 59.3 Å². The minimum atomic E-state index is -0.436. The van der Waals surface area contributed by atoms with E-state index in [1.54, 1.807) is 13.2 Å². The Morgan fingerprint density at radius 2 is 1.81 bits per heavy atom. The molecule has 0 fully saturated rings. The zero-order valence-corrected chi connectivity index (χ0v) is 14.9. The molecule has 138 valence electrons. The summed E-state index contributed by atoms with van der Waals surface area (Å²) in [6.07, 6.45) is 2.98. The Morgan fingerprint density at radius 1 is 1.04 bits per heavy atom. The predicted molar refractivity (Wildman–Crippen MR) is 100 cm³/mol. The zero-order chi connectivity index (χ0) is 18.6. The van der Waals surface area contributed by atoms with Crippen molar-refractivity contribution in [3.8, 4) is 17.2 Å². The average molecular weight is 365 g/mol. The van der Waals surface area contributed by atoms with Crippen LogP contribution in [-0.2, 0) is 16.0 Å². The number of nitrogens with zero attached hydrogens (tertiary/aromatic N) is 1. The molecule has 2 heterocycles.